The van der Waals surface area contributed by atoms with Gasteiger partial charge in [0.15, 0.2) is 0 Å². The van der Waals surface area contributed by atoms with E-state index in [1.54, 1.807) is 7.11 Å². The molecule has 1 aromatic rings. The summed E-state index contributed by atoms with van der Waals surface area (Å²) in [5.41, 5.74) is 0. The third-order valence-corrected chi connectivity index (χ3v) is 2.91. The summed E-state index contributed by atoms with van der Waals surface area (Å²) < 4.78 is 10.5. The Balaban J connectivity index is 1.69. The lowest BCUT2D eigenvalue weighted by molar-refractivity contribution is 0.0751. The normalized spacial score (nSPS) is 22.7. The Bertz CT molecular complexity index is 344. The number of ether oxygens (including phenoxy) is 1. The van der Waals surface area contributed by atoms with Gasteiger partial charge >= 0.3 is 6.01 Å². The Labute approximate surface area is 88.2 Å². The number of nitrogens with one attached hydrogen (secondary N) is 1. The number of methoxy groups -OCH3 is 1. The summed E-state index contributed by atoms with van der Waals surface area (Å²) in [6.07, 6.45) is 4.84. The largest absolute Gasteiger partial charge is 0.373 e. The first-order valence-corrected chi connectivity index (χ1v) is 5.50. The summed E-state index contributed by atoms with van der Waals surface area (Å²) in [7, 11) is 1.70. The third kappa shape index (κ3) is 1.97. The average molecular weight is 209 g/mol. The zero-order valence-electron chi connectivity index (χ0n) is 8.77. The molecule has 1 unspecified atom stereocenters. The Morgan fingerprint density at radius 1 is 1.40 bits per heavy atom. The maximum atomic E-state index is 5.38. The Kier molecular flexibility index (Phi) is 2.12. The second kappa shape index (κ2) is 3.48. The Morgan fingerprint density at radius 2 is 2.20 bits per heavy atom. The molecular weight excluding hydrogens is 194 g/mol. The van der Waals surface area contributed by atoms with Crippen LogP contribution in [0.25, 0.3) is 0 Å². The Hall–Kier alpha value is -1.10. The van der Waals surface area contributed by atoms with Crippen LogP contribution in [0.2, 0.25) is 0 Å². The molecule has 1 atom stereocenters. The van der Waals surface area contributed by atoms with Crippen LogP contribution in [0.4, 0.5) is 6.01 Å². The van der Waals surface area contributed by atoms with Crippen molar-refractivity contribution in [1.29, 1.82) is 0 Å². The topological polar surface area (TPSA) is 60.2 Å². The lowest BCUT2D eigenvalue weighted by Gasteiger charge is -2.07. The summed E-state index contributed by atoms with van der Waals surface area (Å²) in [5, 5.41) is 7.13. The maximum Gasteiger partial charge on any atom is 0.321 e. The van der Waals surface area contributed by atoms with Gasteiger partial charge in [-0.3, -0.25) is 0 Å². The van der Waals surface area contributed by atoms with Crippen molar-refractivity contribution in [2.75, 3.05) is 12.4 Å². The van der Waals surface area contributed by atoms with Gasteiger partial charge in [0.25, 0.3) is 0 Å². The van der Waals surface area contributed by atoms with E-state index in [1.807, 2.05) is 0 Å². The van der Waals surface area contributed by atoms with Crippen LogP contribution in [0.5, 0.6) is 0 Å². The molecule has 0 bridgehead atoms. The molecule has 0 aromatic carbocycles. The number of aromatic nitrogens is 2. The summed E-state index contributed by atoms with van der Waals surface area (Å²) in [6.45, 7) is 0. The van der Waals surface area contributed by atoms with Crippen molar-refractivity contribution in [2.45, 2.75) is 37.8 Å². The molecule has 0 aliphatic heterocycles. The lowest BCUT2D eigenvalue weighted by atomic mass is 10.2. The molecule has 5 heteroatoms. The molecule has 0 saturated heterocycles. The molecule has 0 spiro atoms. The summed E-state index contributed by atoms with van der Waals surface area (Å²) in [5.74, 6) is 1.27. The average Bonchev–Trinajstić information content (AvgIpc) is 3.10. The minimum atomic E-state index is 0.0171. The molecule has 82 valence electrons. The van der Waals surface area contributed by atoms with Crippen LogP contribution in [0.15, 0.2) is 4.52 Å². The van der Waals surface area contributed by atoms with Crippen LogP contribution in [0.1, 0.15) is 37.6 Å². The van der Waals surface area contributed by atoms with Crippen molar-refractivity contribution in [3.8, 4) is 0 Å². The molecule has 5 nitrogen and oxygen atoms in total. The van der Waals surface area contributed by atoms with E-state index < -0.39 is 0 Å². The van der Waals surface area contributed by atoms with Crippen molar-refractivity contribution < 1.29 is 9.26 Å². The quantitative estimate of drug-likeness (QED) is 0.800. The molecule has 1 N–H and O–H groups in total. The summed E-state index contributed by atoms with van der Waals surface area (Å²) in [6, 6.07) is 1.08. The van der Waals surface area contributed by atoms with Crippen molar-refractivity contribution in [3.63, 3.8) is 0 Å². The van der Waals surface area contributed by atoms with E-state index >= 15 is 0 Å². The van der Waals surface area contributed by atoms with Crippen LogP contribution >= 0.6 is 0 Å². The van der Waals surface area contributed by atoms with Gasteiger partial charge in [0, 0.05) is 13.2 Å². The van der Waals surface area contributed by atoms with Gasteiger partial charge in [0.05, 0.1) is 0 Å². The van der Waals surface area contributed by atoms with Crippen LogP contribution < -0.4 is 5.32 Å². The lowest BCUT2D eigenvalue weighted by Crippen LogP contribution is -2.06. The predicted molar refractivity (Wildman–Crippen MR) is 53.4 cm³/mol. The van der Waals surface area contributed by atoms with Gasteiger partial charge in [0.2, 0.25) is 5.82 Å². The fourth-order valence-corrected chi connectivity index (χ4v) is 1.72. The second-order valence-electron chi connectivity index (χ2n) is 4.37. The first-order valence-electron chi connectivity index (χ1n) is 5.50. The minimum absolute atomic E-state index is 0.0171. The number of hydrogen-bond acceptors (Lipinski definition) is 5. The van der Waals surface area contributed by atoms with E-state index in [9.17, 15) is 0 Å². The fraction of sp³-hybridized carbons (Fsp3) is 0.800. The monoisotopic (exact) mass is 209 g/mol. The van der Waals surface area contributed by atoms with Crippen LogP contribution in [0.3, 0.4) is 0 Å². The molecule has 0 amide bonds. The van der Waals surface area contributed by atoms with Gasteiger partial charge in [-0.2, -0.15) is 4.98 Å². The molecule has 2 fully saturated rings. The molecule has 2 aliphatic rings. The smallest absolute Gasteiger partial charge is 0.321 e. The first kappa shape index (κ1) is 9.15. The van der Waals surface area contributed by atoms with Gasteiger partial charge in [0.1, 0.15) is 6.10 Å². The van der Waals surface area contributed by atoms with Crippen molar-refractivity contribution in [1.82, 2.24) is 10.1 Å². The fourth-order valence-electron chi connectivity index (χ4n) is 1.72. The van der Waals surface area contributed by atoms with Gasteiger partial charge in [-0.15, -0.1) is 0 Å². The number of nitrogens with zero attached hydrogens (tertiary/aromatic N) is 2. The summed E-state index contributed by atoms with van der Waals surface area (Å²) >= 11 is 0. The highest BCUT2D eigenvalue weighted by molar-refractivity contribution is 5.24. The van der Waals surface area contributed by atoms with Gasteiger partial charge < -0.3 is 14.6 Å². The number of hydrogen-bond donors (Lipinski definition) is 1. The van der Waals surface area contributed by atoms with Crippen LogP contribution in [0, 0.1) is 5.92 Å². The minimum Gasteiger partial charge on any atom is -0.373 e. The summed E-state index contributed by atoms with van der Waals surface area (Å²) in [4.78, 5) is 4.31. The van der Waals surface area contributed by atoms with E-state index in [0.29, 0.717) is 23.8 Å². The highest BCUT2D eigenvalue weighted by Gasteiger charge is 2.36. The molecule has 15 heavy (non-hydrogen) atoms. The predicted octanol–water partition coefficient (Wildman–Crippen LogP) is 1.74. The van der Waals surface area contributed by atoms with Gasteiger partial charge in [-0.25, -0.2) is 0 Å². The van der Waals surface area contributed by atoms with E-state index in [1.165, 1.54) is 25.7 Å². The molecule has 3 rings (SSSR count). The molecule has 2 saturated carbocycles. The Morgan fingerprint density at radius 3 is 2.80 bits per heavy atom. The maximum absolute atomic E-state index is 5.38. The zero-order chi connectivity index (χ0) is 10.3. The van der Waals surface area contributed by atoms with E-state index in [2.05, 4.69) is 15.5 Å². The molecule has 2 aliphatic carbocycles. The van der Waals surface area contributed by atoms with Gasteiger partial charge in [-0.1, -0.05) is 5.16 Å². The molecule has 1 heterocycles. The molecule has 1 aromatic heterocycles. The van der Waals surface area contributed by atoms with Crippen molar-refractivity contribution >= 4 is 6.01 Å². The van der Waals surface area contributed by atoms with E-state index in [-0.39, 0.29) is 6.10 Å². The number of rotatable bonds is 5. The van der Waals surface area contributed by atoms with Crippen LogP contribution in [-0.4, -0.2) is 23.3 Å². The standard InChI is InChI=1S/C10H15N3O2/c1-14-8(6-2-3-6)9-12-10(15-13-9)11-7-4-5-7/h6-8H,2-5H2,1H3,(H,11,12,13). The highest BCUT2D eigenvalue weighted by Crippen LogP contribution is 2.42. The third-order valence-electron chi connectivity index (χ3n) is 2.91. The number of anilines is 1. The first-order chi connectivity index (χ1) is 7.36. The highest BCUT2D eigenvalue weighted by atomic mass is 16.5. The van der Waals surface area contributed by atoms with Gasteiger partial charge in [-0.05, 0) is 31.6 Å². The van der Waals surface area contributed by atoms with Crippen molar-refractivity contribution in [3.05, 3.63) is 5.82 Å². The second-order valence-corrected chi connectivity index (χ2v) is 4.37. The van der Waals surface area contributed by atoms with Crippen molar-refractivity contribution in [2.24, 2.45) is 5.92 Å². The SMILES string of the molecule is COC(c1noc(NC2CC2)n1)C1CC1. The van der Waals surface area contributed by atoms with E-state index in [4.69, 9.17) is 9.26 Å². The molecule has 0 radical (unpaired) electrons. The van der Waals surface area contributed by atoms with Crippen LogP contribution in [-0.2, 0) is 4.74 Å². The molecular formula is C10H15N3O2. The zero-order valence-corrected chi connectivity index (χ0v) is 8.77. The van der Waals surface area contributed by atoms with E-state index in [0.717, 1.165) is 0 Å².